The second-order valence-corrected chi connectivity index (χ2v) is 8.27. The van der Waals surface area contributed by atoms with Gasteiger partial charge in [0.25, 0.3) is 10.0 Å². The molecule has 25 heavy (non-hydrogen) atoms. The minimum Gasteiger partial charge on any atom is -0.312 e. The lowest BCUT2D eigenvalue weighted by molar-refractivity contribution is -0.117. The molecule has 0 radical (unpaired) electrons. The summed E-state index contributed by atoms with van der Waals surface area (Å²) in [6, 6.07) is 12.2. The van der Waals surface area contributed by atoms with E-state index in [1.165, 1.54) is 11.1 Å². The van der Waals surface area contributed by atoms with E-state index in [0.29, 0.717) is 18.7 Å². The Bertz CT molecular complexity index is 920. The molecule has 5 nitrogen and oxygen atoms in total. The Kier molecular flexibility index (Phi) is 4.00. The Morgan fingerprint density at radius 1 is 0.880 bits per heavy atom. The van der Waals surface area contributed by atoms with Crippen LogP contribution in [0, 0.1) is 0 Å². The first-order valence-corrected chi connectivity index (χ1v) is 10.1. The molecule has 2 aliphatic rings. The van der Waals surface area contributed by atoms with Gasteiger partial charge in [0.05, 0.1) is 4.90 Å². The van der Waals surface area contributed by atoms with Gasteiger partial charge in [-0.1, -0.05) is 6.07 Å². The third-order valence-electron chi connectivity index (χ3n) is 4.88. The molecule has 1 heterocycles. The molecule has 0 bridgehead atoms. The molecule has 4 rings (SSSR count). The van der Waals surface area contributed by atoms with Crippen LogP contribution in [0.2, 0.25) is 0 Å². The van der Waals surface area contributed by atoms with E-state index in [4.69, 9.17) is 0 Å². The molecule has 0 atom stereocenters. The van der Waals surface area contributed by atoms with Gasteiger partial charge < -0.3 is 4.90 Å². The molecule has 0 unspecified atom stereocenters. The van der Waals surface area contributed by atoms with Crippen molar-refractivity contribution < 1.29 is 13.2 Å². The number of hydrogen-bond acceptors (Lipinski definition) is 3. The van der Waals surface area contributed by atoms with Gasteiger partial charge in [-0.2, -0.15) is 0 Å². The molecule has 0 saturated carbocycles. The maximum atomic E-state index is 12.6. The summed E-state index contributed by atoms with van der Waals surface area (Å²) in [6.07, 6.45) is 4.60. The Morgan fingerprint density at radius 3 is 2.36 bits per heavy atom. The molecule has 2 aromatic carbocycles. The zero-order valence-corrected chi connectivity index (χ0v) is 14.7. The number of fused-ring (bicyclic) bond motifs is 1. The minimum absolute atomic E-state index is 0.0897. The van der Waals surface area contributed by atoms with E-state index < -0.39 is 10.0 Å². The zero-order chi connectivity index (χ0) is 17.4. The number of anilines is 2. The number of benzene rings is 2. The van der Waals surface area contributed by atoms with Crippen molar-refractivity contribution in [1.82, 2.24) is 0 Å². The number of nitrogens with one attached hydrogen (secondary N) is 1. The lowest BCUT2D eigenvalue weighted by Crippen LogP contribution is -2.23. The van der Waals surface area contributed by atoms with Crippen molar-refractivity contribution >= 4 is 27.3 Å². The number of amides is 1. The second kappa shape index (κ2) is 6.19. The molecule has 1 saturated heterocycles. The summed E-state index contributed by atoms with van der Waals surface area (Å²) < 4.78 is 27.9. The molecular formula is C19H20N2O3S. The van der Waals surface area contributed by atoms with E-state index in [2.05, 4.69) is 4.72 Å². The maximum absolute atomic E-state index is 12.6. The highest BCUT2D eigenvalue weighted by Gasteiger charge is 2.22. The molecular weight excluding hydrogens is 336 g/mol. The summed E-state index contributed by atoms with van der Waals surface area (Å²) in [5.41, 5.74) is 3.88. The van der Waals surface area contributed by atoms with Crippen LogP contribution in [0.25, 0.3) is 0 Å². The Hall–Kier alpha value is -2.34. The van der Waals surface area contributed by atoms with Gasteiger partial charge in [-0.3, -0.25) is 9.52 Å². The lowest BCUT2D eigenvalue weighted by atomic mass is 10.1. The number of nitrogens with zero attached hydrogens (tertiary/aromatic N) is 1. The number of aryl methyl sites for hydroxylation is 2. The summed E-state index contributed by atoms with van der Waals surface area (Å²) in [7, 11) is -3.64. The number of sulfonamides is 1. The number of carbonyl (C=O) groups is 1. The summed E-state index contributed by atoms with van der Waals surface area (Å²) >= 11 is 0. The molecule has 0 spiro atoms. The van der Waals surface area contributed by atoms with Crippen molar-refractivity contribution in [2.24, 2.45) is 0 Å². The first-order chi connectivity index (χ1) is 12.0. The van der Waals surface area contributed by atoms with Crippen LogP contribution in [0.1, 0.15) is 30.4 Å². The van der Waals surface area contributed by atoms with E-state index in [-0.39, 0.29) is 10.8 Å². The largest absolute Gasteiger partial charge is 0.312 e. The molecule has 1 fully saturated rings. The molecule has 1 aliphatic carbocycles. The summed E-state index contributed by atoms with van der Waals surface area (Å²) in [5.74, 6) is 0.0897. The van der Waals surface area contributed by atoms with Crippen molar-refractivity contribution in [2.45, 2.75) is 37.0 Å². The highest BCUT2D eigenvalue weighted by atomic mass is 32.2. The van der Waals surface area contributed by atoms with Crippen LogP contribution in [0.4, 0.5) is 11.4 Å². The number of carbonyl (C=O) groups excluding carboxylic acids is 1. The predicted octanol–water partition coefficient (Wildman–Crippen LogP) is 3.10. The van der Waals surface area contributed by atoms with Crippen molar-refractivity contribution in [2.75, 3.05) is 16.2 Å². The van der Waals surface area contributed by atoms with Gasteiger partial charge >= 0.3 is 0 Å². The van der Waals surface area contributed by atoms with Crippen LogP contribution in [-0.4, -0.2) is 20.9 Å². The average Bonchev–Trinajstić information content (AvgIpc) is 3.23. The van der Waals surface area contributed by atoms with Gasteiger partial charge in [0.2, 0.25) is 5.91 Å². The highest BCUT2D eigenvalue weighted by Crippen LogP contribution is 2.27. The molecule has 1 amide bonds. The van der Waals surface area contributed by atoms with Crippen LogP contribution >= 0.6 is 0 Å². The van der Waals surface area contributed by atoms with Crippen molar-refractivity contribution in [3.8, 4) is 0 Å². The van der Waals surface area contributed by atoms with Gasteiger partial charge in [-0.15, -0.1) is 0 Å². The van der Waals surface area contributed by atoms with Gasteiger partial charge in [-0.25, -0.2) is 8.42 Å². The smallest absolute Gasteiger partial charge is 0.261 e. The molecule has 2 aromatic rings. The van der Waals surface area contributed by atoms with E-state index in [9.17, 15) is 13.2 Å². The van der Waals surface area contributed by atoms with Gasteiger partial charge in [0.1, 0.15) is 0 Å². The Balaban J connectivity index is 1.54. The van der Waals surface area contributed by atoms with Gasteiger partial charge in [-0.05, 0) is 73.2 Å². The van der Waals surface area contributed by atoms with E-state index in [1.807, 2.05) is 18.2 Å². The quantitative estimate of drug-likeness (QED) is 0.915. The molecule has 130 valence electrons. The minimum atomic E-state index is -3.64. The molecule has 6 heteroatoms. The fraction of sp³-hybridized carbons (Fsp3) is 0.316. The zero-order valence-electron chi connectivity index (χ0n) is 13.9. The monoisotopic (exact) mass is 356 g/mol. The van der Waals surface area contributed by atoms with Crippen LogP contribution in [0.5, 0.6) is 0 Å². The second-order valence-electron chi connectivity index (χ2n) is 6.59. The van der Waals surface area contributed by atoms with Gasteiger partial charge in [0, 0.05) is 24.3 Å². The van der Waals surface area contributed by atoms with E-state index >= 15 is 0 Å². The van der Waals surface area contributed by atoms with E-state index in [0.717, 1.165) is 31.4 Å². The van der Waals surface area contributed by atoms with E-state index in [1.54, 1.807) is 29.2 Å². The molecule has 1 aliphatic heterocycles. The Morgan fingerprint density at radius 2 is 1.64 bits per heavy atom. The third-order valence-corrected chi connectivity index (χ3v) is 6.28. The molecule has 1 N–H and O–H groups in total. The fourth-order valence-corrected chi connectivity index (χ4v) is 4.63. The van der Waals surface area contributed by atoms with Crippen molar-refractivity contribution in [1.29, 1.82) is 0 Å². The summed E-state index contributed by atoms with van der Waals surface area (Å²) in [5, 5.41) is 0. The normalized spacial score (nSPS) is 17.0. The maximum Gasteiger partial charge on any atom is 0.261 e. The highest BCUT2D eigenvalue weighted by molar-refractivity contribution is 7.92. The van der Waals surface area contributed by atoms with Crippen LogP contribution in [0.3, 0.4) is 0 Å². The average molecular weight is 356 g/mol. The molecule has 0 aromatic heterocycles. The first-order valence-electron chi connectivity index (χ1n) is 8.58. The Labute approximate surface area is 147 Å². The predicted molar refractivity (Wildman–Crippen MR) is 97.3 cm³/mol. The topological polar surface area (TPSA) is 66.5 Å². The fourth-order valence-electron chi connectivity index (χ4n) is 3.58. The van der Waals surface area contributed by atoms with Crippen molar-refractivity contribution in [3.63, 3.8) is 0 Å². The standard InChI is InChI=1S/C19H20N2O3S/c22-19-5-2-12-21(19)17-8-10-18(11-9-17)25(23,24)20-16-7-6-14-3-1-4-15(14)13-16/h6-11,13,20H,1-5,12H2. The van der Waals surface area contributed by atoms with Crippen LogP contribution in [0.15, 0.2) is 47.4 Å². The lowest BCUT2D eigenvalue weighted by Gasteiger charge is -2.16. The summed E-state index contributed by atoms with van der Waals surface area (Å²) in [6.45, 7) is 0.693. The number of hydrogen-bond donors (Lipinski definition) is 1. The number of rotatable bonds is 4. The van der Waals surface area contributed by atoms with Crippen molar-refractivity contribution in [3.05, 3.63) is 53.6 Å². The third kappa shape index (κ3) is 3.14. The summed E-state index contributed by atoms with van der Waals surface area (Å²) in [4.78, 5) is 13.7. The SMILES string of the molecule is O=C1CCCN1c1ccc(S(=O)(=O)Nc2ccc3c(c2)CCC3)cc1. The van der Waals surface area contributed by atoms with Crippen LogP contribution in [-0.2, 0) is 27.7 Å². The van der Waals surface area contributed by atoms with Crippen LogP contribution < -0.4 is 9.62 Å². The first kappa shape index (κ1) is 16.1. The van der Waals surface area contributed by atoms with Gasteiger partial charge in [0.15, 0.2) is 0 Å².